The van der Waals surface area contributed by atoms with Crippen molar-refractivity contribution in [2.24, 2.45) is 0 Å². The summed E-state index contributed by atoms with van der Waals surface area (Å²) in [7, 11) is 3.07. The summed E-state index contributed by atoms with van der Waals surface area (Å²) in [5.74, 6) is 0.504. The number of imide groups is 1. The summed E-state index contributed by atoms with van der Waals surface area (Å²) in [6, 6.07) is 5.07. The number of nitrogens with zero attached hydrogens (tertiary/aromatic N) is 1. The van der Waals surface area contributed by atoms with E-state index in [0.717, 1.165) is 21.8 Å². The normalized spacial score (nSPS) is 23.2. The molecule has 0 radical (unpaired) electrons. The first-order valence-electron chi connectivity index (χ1n) is 5.65. The van der Waals surface area contributed by atoms with Crippen molar-refractivity contribution < 1.29 is 14.3 Å². The van der Waals surface area contributed by atoms with Gasteiger partial charge in [0.25, 0.3) is 5.91 Å². The standard InChI is InChI=1S/C13H16N2O3/c1-8-7-9(5-6-10(8)18-4)13(2)11(16)15(3)12(17)14-13/h5-7H,1-4H3,(H,14,17). The molecule has 1 unspecified atom stereocenters. The Morgan fingerprint density at radius 1 is 1.33 bits per heavy atom. The van der Waals surface area contributed by atoms with Crippen LogP contribution >= 0.6 is 0 Å². The Labute approximate surface area is 106 Å². The molecule has 0 spiro atoms. The molecule has 3 amide bonds. The van der Waals surface area contributed by atoms with Crippen LogP contribution in [0.2, 0.25) is 0 Å². The molecule has 1 saturated heterocycles. The first-order chi connectivity index (χ1) is 8.40. The Bertz CT molecular complexity index is 527. The maximum atomic E-state index is 12.1. The van der Waals surface area contributed by atoms with Crippen molar-refractivity contribution in [3.63, 3.8) is 0 Å². The summed E-state index contributed by atoms with van der Waals surface area (Å²) < 4.78 is 5.18. The maximum absolute atomic E-state index is 12.1. The van der Waals surface area contributed by atoms with Crippen LogP contribution in [-0.2, 0) is 10.3 Å². The minimum absolute atomic E-state index is 0.253. The van der Waals surface area contributed by atoms with Crippen molar-refractivity contribution >= 4 is 11.9 Å². The smallest absolute Gasteiger partial charge is 0.325 e. The number of ether oxygens (including phenoxy) is 1. The van der Waals surface area contributed by atoms with Crippen LogP contribution in [0.5, 0.6) is 5.75 Å². The summed E-state index contributed by atoms with van der Waals surface area (Å²) in [4.78, 5) is 24.8. The number of amides is 3. The molecule has 0 aromatic heterocycles. The molecular weight excluding hydrogens is 232 g/mol. The molecule has 1 aromatic rings. The van der Waals surface area contributed by atoms with Crippen molar-refractivity contribution in [2.45, 2.75) is 19.4 Å². The topological polar surface area (TPSA) is 58.6 Å². The van der Waals surface area contributed by atoms with Crippen molar-refractivity contribution in [3.05, 3.63) is 29.3 Å². The van der Waals surface area contributed by atoms with E-state index in [0.29, 0.717) is 0 Å². The minimum atomic E-state index is -0.997. The maximum Gasteiger partial charge on any atom is 0.325 e. The van der Waals surface area contributed by atoms with Gasteiger partial charge in [-0.15, -0.1) is 0 Å². The number of hydrogen-bond donors (Lipinski definition) is 1. The van der Waals surface area contributed by atoms with Crippen molar-refractivity contribution in [2.75, 3.05) is 14.2 Å². The fourth-order valence-corrected chi connectivity index (χ4v) is 2.16. The summed E-state index contributed by atoms with van der Waals surface area (Å²) >= 11 is 0. The first kappa shape index (κ1) is 12.4. The largest absolute Gasteiger partial charge is 0.496 e. The molecule has 5 nitrogen and oxygen atoms in total. The van der Waals surface area contributed by atoms with E-state index < -0.39 is 5.54 Å². The lowest BCUT2D eigenvalue weighted by Crippen LogP contribution is -2.40. The van der Waals surface area contributed by atoms with E-state index in [1.807, 2.05) is 13.0 Å². The van der Waals surface area contributed by atoms with Crippen LogP contribution in [0.15, 0.2) is 18.2 Å². The highest BCUT2D eigenvalue weighted by molar-refractivity contribution is 6.06. The molecule has 1 aliphatic heterocycles. The highest BCUT2D eigenvalue weighted by atomic mass is 16.5. The predicted molar refractivity (Wildman–Crippen MR) is 66.4 cm³/mol. The third kappa shape index (κ3) is 1.63. The molecule has 1 N–H and O–H groups in total. The molecule has 0 aliphatic carbocycles. The number of methoxy groups -OCH3 is 1. The van der Waals surface area contributed by atoms with Crippen LogP contribution in [0.4, 0.5) is 4.79 Å². The van der Waals surface area contributed by atoms with E-state index in [-0.39, 0.29) is 11.9 Å². The van der Waals surface area contributed by atoms with E-state index in [1.54, 1.807) is 26.2 Å². The van der Waals surface area contributed by atoms with Crippen molar-refractivity contribution in [3.8, 4) is 5.75 Å². The monoisotopic (exact) mass is 248 g/mol. The number of rotatable bonds is 2. The van der Waals surface area contributed by atoms with Crippen LogP contribution in [0.3, 0.4) is 0 Å². The first-order valence-corrected chi connectivity index (χ1v) is 5.65. The average Bonchev–Trinajstić information content (AvgIpc) is 2.54. The van der Waals surface area contributed by atoms with E-state index in [2.05, 4.69) is 5.32 Å². The molecule has 1 aromatic carbocycles. The molecule has 1 aliphatic rings. The summed E-state index contributed by atoms with van der Waals surface area (Å²) in [6.45, 7) is 3.61. The summed E-state index contributed by atoms with van der Waals surface area (Å²) in [5.41, 5.74) is 0.680. The lowest BCUT2D eigenvalue weighted by atomic mass is 9.91. The fraction of sp³-hybridized carbons (Fsp3) is 0.385. The second-order valence-electron chi connectivity index (χ2n) is 4.60. The summed E-state index contributed by atoms with van der Waals surface area (Å²) in [6.07, 6.45) is 0. The highest BCUT2D eigenvalue weighted by Crippen LogP contribution is 2.30. The zero-order chi connectivity index (χ0) is 13.5. The van der Waals surface area contributed by atoms with Gasteiger partial charge in [-0.2, -0.15) is 0 Å². The van der Waals surface area contributed by atoms with Crippen molar-refractivity contribution in [1.29, 1.82) is 0 Å². The third-order valence-corrected chi connectivity index (χ3v) is 3.37. The van der Waals surface area contributed by atoms with Crippen LogP contribution in [0.1, 0.15) is 18.1 Å². The Hall–Kier alpha value is -2.04. The number of nitrogens with one attached hydrogen (secondary N) is 1. The fourth-order valence-electron chi connectivity index (χ4n) is 2.16. The summed E-state index contributed by atoms with van der Waals surface area (Å²) in [5, 5.41) is 2.71. The van der Waals surface area contributed by atoms with Crippen LogP contribution in [-0.4, -0.2) is 31.0 Å². The quantitative estimate of drug-likeness (QED) is 0.805. The molecule has 96 valence electrons. The van der Waals surface area contributed by atoms with Gasteiger partial charge in [0.1, 0.15) is 11.3 Å². The lowest BCUT2D eigenvalue weighted by molar-refractivity contribution is -0.130. The highest BCUT2D eigenvalue weighted by Gasteiger charge is 2.47. The van der Waals surface area contributed by atoms with Gasteiger partial charge in [0.05, 0.1) is 7.11 Å². The molecule has 18 heavy (non-hydrogen) atoms. The predicted octanol–water partition coefficient (Wildman–Crippen LogP) is 1.40. The second kappa shape index (κ2) is 4.01. The van der Waals surface area contributed by atoms with Gasteiger partial charge in [0, 0.05) is 7.05 Å². The Balaban J connectivity index is 2.46. The molecular formula is C13H16N2O3. The van der Waals surface area contributed by atoms with Gasteiger partial charge >= 0.3 is 6.03 Å². The number of carbonyl (C=O) groups is 2. The van der Waals surface area contributed by atoms with Gasteiger partial charge in [0.15, 0.2) is 0 Å². The molecule has 2 rings (SSSR count). The van der Waals surface area contributed by atoms with Gasteiger partial charge < -0.3 is 10.1 Å². The number of aryl methyl sites for hydroxylation is 1. The SMILES string of the molecule is COc1ccc(C2(C)NC(=O)N(C)C2=O)cc1C. The van der Waals surface area contributed by atoms with Gasteiger partial charge in [-0.1, -0.05) is 6.07 Å². The third-order valence-electron chi connectivity index (χ3n) is 3.37. The van der Waals surface area contributed by atoms with Gasteiger partial charge in [-0.3, -0.25) is 9.69 Å². The second-order valence-corrected chi connectivity index (χ2v) is 4.60. The van der Waals surface area contributed by atoms with E-state index in [9.17, 15) is 9.59 Å². The van der Waals surface area contributed by atoms with Crippen LogP contribution in [0, 0.1) is 6.92 Å². The van der Waals surface area contributed by atoms with Gasteiger partial charge in [-0.25, -0.2) is 4.79 Å². The number of urea groups is 1. The molecule has 0 bridgehead atoms. The van der Waals surface area contributed by atoms with E-state index >= 15 is 0 Å². The number of carbonyl (C=O) groups excluding carboxylic acids is 2. The Morgan fingerprint density at radius 3 is 2.44 bits per heavy atom. The average molecular weight is 248 g/mol. The number of benzene rings is 1. The van der Waals surface area contributed by atoms with Crippen molar-refractivity contribution in [1.82, 2.24) is 10.2 Å². The van der Waals surface area contributed by atoms with Gasteiger partial charge in [-0.05, 0) is 37.1 Å². The lowest BCUT2D eigenvalue weighted by Gasteiger charge is -2.22. The van der Waals surface area contributed by atoms with E-state index in [1.165, 1.54) is 7.05 Å². The zero-order valence-electron chi connectivity index (χ0n) is 10.9. The zero-order valence-corrected chi connectivity index (χ0v) is 10.9. The van der Waals surface area contributed by atoms with E-state index in [4.69, 9.17) is 4.74 Å². The van der Waals surface area contributed by atoms with Crippen LogP contribution in [0.25, 0.3) is 0 Å². The molecule has 1 atom stereocenters. The molecule has 5 heteroatoms. The molecule has 1 fully saturated rings. The number of hydrogen-bond acceptors (Lipinski definition) is 3. The van der Waals surface area contributed by atoms with Crippen LogP contribution < -0.4 is 10.1 Å². The Kier molecular flexibility index (Phi) is 2.77. The number of likely N-dealkylation sites (N-methyl/N-ethyl adjacent to an activating group) is 1. The minimum Gasteiger partial charge on any atom is -0.496 e. The Morgan fingerprint density at radius 2 is 2.00 bits per heavy atom. The molecule has 0 saturated carbocycles. The molecule has 1 heterocycles. The van der Waals surface area contributed by atoms with Gasteiger partial charge in [0.2, 0.25) is 0 Å².